The van der Waals surface area contributed by atoms with Gasteiger partial charge in [-0.05, 0) is 38.8 Å². The zero-order valence-electron chi connectivity index (χ0n) is 16.1. The average Bonchev–Trinajstić information content (AvgIpc) is 3.28. The Kier molecular flexibility index (Phi) is 4.79. The van der Waals surface area contributed by atoms with E-state index in [2.05, 4.69) is 20.5 Å². The van der Waals surface area contributed by atoms with Crippen molar-refractivity contribution in [2.75, 3.05) is 0 Å². The average molecular weight is 406 g/mol. The van der Waals surface area contributed by atoms with E-state index >= 15 is 0 Å². The fraction of sp³-hybridized carbons (Fsp3) is 0.474. The van der Waals surface area contributed by atoms with Crippen molar-refractivity contribution < 1.29 is 18.0 Å². The van der Waals surface area contributed by atoms with E-state index < -0.39 is 11.7 Å². The van der Waals surface area contributed by atoms with Crippen LogP contribution in [0.1, 0.15) is 42.6 Å². The first kappa shape index (κ1) is 19.4. The van der Waals surface area contributed by atoms with Gasteiger partial charge in [0.25, 0.3) is 0 Å². The number of pyridine rings is 1. The molecular weight excluding hydrogens is 385 g/mol. The number of hydrogen-bond donors (Lipinski definition) is 1. The maximum Gasteiger partial charge on any atom is 0.417 e. The topological polar surface area (TPSA) is 77.6 Å². The van der Waals surface area contributed by atoms with Crippen molar-refractivity contribution in [1.82, 2.24) is 29.9 Å². The molecule has 0 spiro atoms. The second-order valence-corrected chi connectivity index (χ2v) is 7.51. The van der Waals surface area contributed by atoms with Gasteiger partial charge in [0.15, 0.2) is 5.65 Å². The Balaban J connectivity index is 1.60. The van der Waals surface area contributed by atoms with E-state index in [0.29, 0.717) is 12.2 Å². The molecule has 7 nitrogen and oxygen atoms in total. The lowest BCUT2D eigenvalue weighted by molar-refractivity contribution is -0.136. The molecule has 1 fully saturated rings. The number of alkyl halides is 3. The maximum atomic E-state index is 13.6. The molecule has 0 bridgehead atoms. The van der Waals surface area contributed by atoms with Crippen LogP contribution in [0.2, 0.25) is 0 Å². The van der Waals surface area contributed by atoms with Gasteiger partial charge in [0, 0.05) is 30.0 Å². The quantitative estimate of drug-likeness (QED) is 0.683. The molecule has 0 aromatic carbocycles. The van der Waals surface area contributed by atoms with Crippen LogP contribution in [0, 0.1) is 6.92 Å². The first-order valence-corrected chi connectivity index (χ1v) is 9.44. The molecule has 10 heteroatoms. The molecule has 0 unspecified atom stereocenters. The SMILES string of the molecule is Cc1nn(CC(=O)N[C@H](C)Cn2cccn2)c2nc(C3CC3)cc(C(F)(F)F)c12. The van der Waals surface area contributed by atoms with Gasteiger partial charge in [-0.3, -0.25) is 9.48 Å². The summed E-state index contributed by atoms with van der Waals surface area (Å²) in [5, 5.41) is 11.1. The highest BCUT2D eigenvalue weighted by molar-refractivity contribution is 5.85. The van der Waals surface area contributed by atoms with Crippen molar-refractivity contribution in [3.05, 3.63) is 41.5 Å². The largest absolute Gasteiger partial charge is 0.417 e. The molecule has 0 radical (unpaired) electrons. The van der Waals surface area contributed by atoms with E-state index in [0.717, 1.165) is 18.9 Å². The summed E-state index contributed by atoms with van der Waals surface area (Å²) in [7, 11) is 0. The van der Waals surface area contributed by atoms with Gasteiger partial charge >= 0.3 is 6.18 Å². The van der Waals surface area contributed by atoms with Gasteiger partial charge in [-0.2, -0.15) is 23.4 Å². The Morgan fingerprint density at radius 3 is 2.76 bits per heavy atom. The zero-order chi connectivity index (χ0) is 20.8. The van der Waals surface area contributed by atoms with Crippen LogP contribution in [0.5, 0.6) is 0 Å². The van der Waals surface area contributed by atoms with Crippen molar-refractivity contribution >= 4 is 16.9 Å². The van der Waals surface area contributed by atoms with Gasteiger partial charge in [0.2, 0.25) is 5.91 Å². The fourth-order valence-electron chi connectivity index (χ4n) is 3.49. The predicted molar refractivity (Wildman–Crippen MR) is 99.1 cm³/mol. The number of nitrogens with one attached hydrogen (secondary N) is 1. The maximum absolute atomic E-state index is 13.6. The van der Waals surface area contributed by atoms with Crippen LogP contribution < -0.4 is 5.32 Å². The van der Waals surface area contributed by atoms with Crippen molar-refractivity contribution in [1.29, 1.82) is 0 Å². The standard InChI is InChI=1S/C19H21F3N6O/c1-11(9-27-7-3-6-23-27)24-16(29)10-28-18-17(12(2)26-28)14(19(20,21)22)8-15(25-18)13-4-5-13/h3,6-8,11,13H,4-5,9-10H2,1-2H3,(H,24,29)/t11-/m1/s1. The minimum absolute atomic E-state index is 0.0423. The predicted octanol–water partition coefficient (Wildman–Crippen LogP) is 3.04. The molecule has 1 amide bonds. The lowest BCUT2D eigenvalue weighted by Crippen LogP contribution is -2.38. The second kappa shape index (κ2) is 7.16. The summed E-state index contributed by atoms with van der Waals surface area (Å²) in [6.07, 6.45) is 0.580. The minimum Gasteiger partial charge on any atom is -0.350 e. The van der Waals surface area contributed by atoms with Crippen molar-refractivity contribution in [2.45, 2.75) is 57.9 Å². The lowest BCUT2D eigenvalue weighted by Gasteiger charge is -2.14. The minimum atomic E-state index is -4.51. The second-order valence-electron chi connectivity index (χ2n) is 7.51. The normalized spacial score (nSPS) is 15.6. The van der Waals surface area contributed by atoms with Crippen molar-refractivity contribution in [3.8, 4) is 0 Å². The smallest absolute Gasteiger partial charge is 0.350 e. The van der Waals surface area contributed by atoms with Gasteiger partial charge in [0.1, 0.15) is 6.54 Å². The molecular formula is C19H21F3N6O. The van der Waals surface area contributed by atoms with Crippen LogP contribution in [0.25, 0.3) is 11.0 Å². The molecule has 0 aliphatic heterocycles. The van der Waals surface area contributed by atoms with Crippen molar-refractivity contribution in [2.24, 2.45) is 0 Å². The lowest BCUT2D eigenvalue weighted by atomic mass is 10.1. The molecule has 3 aromatic rings. The number of rotatable bonds is 6. The summed E-state index contributed by atoms with van der Waals surface area (Å²) < 4.78 is 43.9. The summed E-state index contributed by atoms with van der Waals surface area (Å²) in [5.41, 5.74) is -0.00675. The zero-order valence-corrected chi connectivity index (χ0v) is 16.1. The Bertz CT molecular complexity index is 1040. The molecule has 0 saturated heterocycles. The molecule has 1 aliphatic carbocycles. The molecule has 154 valence electrons. The molecule has 3 aromatic heterocycles. The van der Waals surface area contributed by atoms with Crippen LogP contribution in [-0.4, -0.2) is 36.5 Å². The van der Waals surface area contributed by atoms with Crippen LogP contribution in [-0.2, 0) is 24.1 Å². The fourth-order valence-corrected chi connectivity index (χ4v) is 3.49. The van der Waals surface area contributed by atoms with Crippen LogP contribution >= 0.6 is 0 Å². The number of fused-ring (bicyclic) bond motifs is 1. The van der Waals surface area contributed by atoms with Gasteiger partial charge < -0.3 is 5.32 Å². The Hall–Kier alpha value is -2.91. The van der Waals surface area contributed by atoms with Gasteiger partial charge in [-0.15, -0.1) is 0 Å². The summed E-state index contributed by atoms with van der Waals surface area (Å²) in [4.78, 5) is 16.9. The molecule has 1 aliphatic rings. The van der Waals surface area contributed by atoms with Crippen LogP contribution in [0.4, 0.5) is 13.2 Å². The number of carbonyl (C=O) groups is 1. The van der Waals surface area contributed by atoms with Crippen LogP contribution in [0.3, 0.4) is 0 Å². The molecule has 1 atom stereocenters. The molecule has 29 heavy (non-hydrogen) atoms. The number of carbonyl (C=O) groups excluding carboxylic acids is 1. The number of aromatic nitrogens is 5. The first-order valence-electron chi connectivity index (χ1n) is 9.44. The van der Waals surface area contributed by atoms with Gasteiger partial charge in [0.05, 0.1) is 23.2 Å². The van der Waals surface area contributed by atoms with E-state index in [9.17, 15) is 18.0 Å². The third-order valence-corrected chi connectivity index (χ3v) is 4.92. The molecule has 1 N–H and O–H groups in total. The van der Waals surface area contributed by atoms with E-state index in [1.54, 1.807) is 23.1 Å². The molecule has 4 rings (SSSR count). The van der Waals surface area contributed by atoms with Crippen molar-refractivity contribution in [3.63, 3.8) is 0 Å². The summed E-state index contributed by atoms with van der Waals surface area (Å²) in [6.45, 7) is 3.62. The monoisotopic (exact) mass is 406 g/mol. The Morgan fingerprint density at radius 2 is 2.14 bits per heavy atom. The highest BCUT2D eigenvalue weighted by Gasteiger charge is 2.37. The Morgan fingerprint density at radius 1 is 1.38 bits per heavy atom. The number of hydrogen-bond acceptors (Lipinski definition) is 4. The van der Waals surface area contributed by atoms with E-state index in [1.807, 2.05) is 6.92 Å². The number of aryl methyl sites for hydroxylation is 1. The summed E-state index contributed by atoms with van der Waals surface area (Å²) >= 11 is 0. The van der Waals surface area contributed by atoms with E-state index in [4.69, 9.17) is 0 Å². The van der Waals surface area contributed by atoms with Gasteiger partial charge in [-0.25, -0.2) is 9.67 Å². The Labute approximate surface area is 164 Å². The molecule has 3 heterocycles. The highest BCUT2D eigenvalue weighted by atomic mass is 19.4. The number of amides is 1. The number of halogens is 3. The third-order valence-electron chi connectivity index (χ3n) is 4.92. The van der Waals surface area contributed by atoms with Crippen LogP contribution in [0.15, 0.2) is 24.5 Å². The number of nitrogens with zero attached hydrogens (tertiary/aromatic N) is 5. The highest BCUT2D eigenvalue weighted by Crippen LogP contribution is 2.43. The third kappa shape index (κ3) is 4.10. The molecule has 1 saturated carbocycles. The first-order chi connectivity index (χ1) is 13.7. The van der Waals surface area contributed by atoms with E-state index in [1.165, 1.54) is 11.6 Å². The summed E-state index contributed by atoms with van der Waals surface area (Å²) in [5.74, 6) is -0.298. The van der Waals surface area contributed by atoms with Gasteiger partial charge in [-0.1, -0.05) is 0 Å². The van der Waals surface area contributed by atoms with E-state index in [-0.39, 0.29) is 41.1 Å². The summed E-state index contributed by atoms with van der Waals surface area (Å²) in [6, 6.07) is 2.71.